The predicted molar refractivity (Wildman–Crippen MR) is 86.0 cm³/mol. The number of rotatable bonds is 4. The van der Waals surface area contributed by atoms with Gasteiger partial charge in [-0.25, -0.2) is 9.78 Å². The van der Waals surface area contributed by atoms with Gasteiger partial charge in [-0.1, -0.05) is 12.1 Å². The van der Waals surface area contributed by atoms with Crippen molar-refractivity contribution in [1.82, 2.24) is 4.98 Å². The van der Waals surface area contributed by atoms with E-state index in [1.807, 2.05) is 6.07 Å². The molecule has 5 nitrogen and oxygen atoms in total. The number of esters is 1. The number of nitrogens with zero attached hydrogens (tertiary/aromatic N) is 3. The minimum absolute atomic E-state index is 0.142. The number of anilines is 1. The van der Waals surface area contributed by atoms with Crippen LogP contribution in [0.2, 0.25) is 0 Å². The molecular formula is C18H17N3O2. The monoisotopic (exact) mass is 307 g/mol. The lowest BCUT2D eigenvalue weighted by Gasteiger charge is -2.19. The number of carbonyl (C=O) groups is 1. The lowest BCUT2D eigenvalue weighted by atomic mass is 10.1. The van der Waals surface area contributed by atoms with E-state index in [4.69, 9.17) is 10.00 Å². The summed E-state index contributed by atoms with van der Waals surface area (Å²) in [5.41, 5.74) is 1.84. The van der Waals surface area contributed by atoms with Gasteiger partial charge in [0.1, 0.15) is 18.0 Å². The Balaban J connectivity index is 1.72. The van der Waals surface area contributed by atoms with E-state index in [0.717, 1.165) is 31.5 Å². The molecule has 5 heteroatoms. The minimum atomic E-state index is -0.387. The van der Waals surface area contributed by atoms with Crippen LogP contribution in [-0.4, -0.2) is 24.0 Å². The van der Waals surface area contributed by atoms with Gasteiger partial charge in [-0.2, -0.15) is 5.26 Å². The van der Waals surface area contributed by atoms with Crippen LogP contribution < -0.4 is 4.90 Å². The zero-order valence-corrected chi connectivity index (χ0v) is 12.7. The number of hydrogen-bond donors (Lipinski definition) is 0. The molecule has 23 heavy (non-hydrogen) atoms. The number of benzene rings is 1. The zero-order valence-electron chi connectivity index (χ0n) is 12.7. The lowest BCUT2D eigenvalue weighted by molar-refractivity contribution is 0.0473. The fraction of sp³-hybridized carbons (Fsp3) is 0.278. The fourth-order valence-electron chi connectivity index (χ4n) is 2.69. The fourth-order valence-corrected chi connectivity index (χ4v) is 2.69. The van der Waals surface area contributed by atoms with Crippen molar-refractivity contribution >= 4 is 11.8 Å². The Bertz CT molecular complexity index is 746. The van der Waals surface area contributed by atoms with E-state index in [2.05, 4.69) is 16.0 Å². The Morgan fingerprint density at radius 2 is 2.09 bits per heavy atom. The number of ether oxygens (including phenoxy) is 1. The van der Waals surface area contributed by atoms with Gasteiger partial charge in [-0.05, 0) is 42.7 Å². The second-order valence-corrected chi connectivity index (χ2v) is 5.46. The van der Waals surface area contributed by atoms with Crippen molar-refractivity contribution in [1.29, 1.82) is 5.26 Å². The third-order valence-corrected chi connectivity index (χ3v) is 3.84. The molecule has 1 aliphatic heterocycles. The Labute approximate surface area is 135 Å². The van der Waals surface area contributed by atoms with E-state index in [1.165, 1.54) is 0 Å². The largest absolute Gasteiger partial charge is 0.457 e. The molecule has 0 saturated carbocycles. The molecule has 0 bridgehead atoms. The van der Waals surface area contributed by atoms with E-state index in [1.54, 1.807) is 36.5 Å². The highest BCUT2D eigenvalue weighted by Crippen LogP contribution is 2.22. The van der Waals surface area contributed by atoms with Crippen molar-refractivity contribution in [2.45, 2.75) is 19.4 Å². The van der Waals surface area contributed by atoms with Crippen molar-refractivity contribution in [2.75, 3.05) is 18.0 Å². The summed E-state index contributed by atoms with van der Waals surface area (Å²) in [5, 5.41) is 8.90. The predicted octanol–water partition coefficient (Wildman–Crippen LogP) is 2.91. The lowest BCUT2D eigenvalue weighted by Crippen LogP contribution is -2.22. The first-order chi connectivity index (χ1) is 11.3. The molecule has 1 aliphatic rings. The Morgan fingerprint density at radius 3 is 2.87 bits per heavy atom. The highest BCUT2D eigenvalue weighted by atomic mass is 16.5. The van der Waals surface area contributed by atoms with Crippen LogP contribution >= 0.6 is 0 Å². The summed E-state index contributed by atoms with van der Waals surface area (Å²) in [6, 6.07) is 12.6. The first kappa shape index (κ1) is 15.0. The van der Waals surface area contributed by atoms with Gasteiger partial charge < -0.3 is 9.64 Å². The highest BCUT2D eigenvalue weighted by molar-refractivity contribution is 5.94. The molecule has 3 rings (SSSR count). The minimum Gasteiger partial charge on any atom is -0.457 e. The quantitative estimate of drug-likeness (QED) is 0.813. The van der Waals surface area contributed by atoms with Crippen molar-refractivity contribution in [3.63, 3.8) is 0 Å². The van der Waals surface area contributed by atoms with Gasteiger partial charge in [0.05, 0.1) is 11.6 Å². The van der Waals surface area contributed by atoms with E-state index in [9.17, 15) is 4.79 Å². The SMILES string of the molecule is N#Cc1cccc(COC(=O)c2cccnc2N2CCCC2)c1. The summed E-state index contributed by atoms with van der Waals surface area (Å²) >= 11 is 0. The molecule has 2 heterocycles. The highest BCUT2D eigenvalue weighted by Gasteiger charge is 2.21. The van der Waals surface area contributed by atoms with E-state index in [0.29, 0.717) is 16.9 Å². The zero-order chi connectivity index (χ0) is 16.1. The van der Waals surface area contributed by atoms with Crippen molar-refractivity contribution in [3.05, 3.63) is 59.3 Å². The second-order valence-electron chi connectivity index (χ2n) is 5.46. The number of hydrogen-bond acceptors (Lipinski definition) is 5. The second kappa shape index (κ2) is 6.93. The van der Waals surface area contributed by atoms with E-state index >= 15 is 0 Å². The van der Waals surface area contributed by atoms with Gasteiger partial charge in [-0.15, -0.1) is 0 Å². The molecule has 1 fully saturated rings. The standard InChI is InChI=1S/C18H17N3O2/c19-12-14-5-3-6-15(11-14)13-23-18(22)16-7-4-8-20-17(16)21-9-1-2-10-21/h3-8,11H,1-2,9-10,13H2. The van der Waals surface area contributed by atoms with Crippen molar-refractivity contribution in [2.24, 2.45) is 0 Å². The third-order valence-electron chi connectivity index (χ3n) is 3.84. The Morgan fingerprint density at radius 1 is 1.26 bits per heavy atom. The molecule has 1 saturated heterocycles. The van der Waals surface area contributed by atoms with Crippen molar-refractivity contribution in [3.8, 4) is 6.07 Å². The number of pyridine rings is 1. The van der Waals surface area contributed by atoms with Gasteiger partial charge in [0.15, 0.2) is 0 Å². The molecule has 0 radical (unpaired) electrons. The number of carbonyl (C=O) groups excluding carboxylic acids is 1. The van der Waals surface area contributed by atoms with Crippen molar-refractivity contribution < 1.29 is 9.53 Å². The average molecular weight is 307 g/mol. The molecule has 0 unspecified atom stereocenters. The molecule has 2 aromatic rings. The van der Waals surface area contributed by atoms with Gasteiger partial charge in [0.25, 0.3) is 0 Å². The molecular weight excluding hydrogens is 290 g/mol. The summed E-state index contributed by atoms with van der Waals surface area (Å²) in [6.07, 6.45) is 3.93. The number of aromatic nitrogens is 1. The van der Waals surface area contributed by atoms with Gasteiger partial charge in [0, 0.05) is 19.3 Å². The number of nitriles is 1. The molecule has 0 aliphatic carbocycles. The van der Waals surface area contributed by atoms with Gasteiger partial charge in [-0.3, -0.25) is 0 Å². The summed E-state index contributed by atoms with van der Waals surface area (Å²) in [7, 11) is 0. The maximum Gasteiger partial charge on any atom is 0.342 e. The first-order valence-electron chi connectivity index (χ1n) is 7.64. The van der Waals surface area contributed by atoms with Crippen LogP contribution in [0.25, 0.3) is 0 Å². The summed E-state index contributed by atoms with van der Waals surface area (Å²) in [5.74, 6) is 0.308. The molecule has 116 valence electrons. The van der Waals surface area contributed by atoms with Gasteiger partial charge >= 0.3 is 5.97 Å². The first-order valence-corrected chi connectivity index (χ1v) is 7.64. The van der Waals surface area contributed by atoms with Crippen LogP contribution in [-0.2, 0) is 11.3 Å². The topological polar surface area (TPSA) is 66.2 Å². The normalized spacial score (nSPS) is 13.6. The molecule has 1 aromatic carbocycles. The molecule has 0 N–H and O–H groups in total. The summed E-state index contributed by atoms with van der Waals surface area (Å²) < 4.78 is 5.40. The van der Waals surface area contributed by atoms with Crippen LogP contribution in [0.4, 0.5) is 5.82 Å². The van der Waals surface area contributed by atoms with Crippen LogP contribution in [0, 0.1) is 11.3 Å². The smallest absolute Gasteiger partial charge is 0.342 e. The average Bonchev–Trinajstić information content (AvgIpc) is 3.14. The van der Waals surface area contributed by atoms with Crippen LogP contribution in [0.3, 0.4) is 0 Å². The Kier molecular flexibility index (Phi) is 4.53. The van der Waals surface area contributed by atoms with E-state index < -0.39 is 0 Å². The van der Waals surface area contributed by atoms with E-state index in [-0.39, 0.29) is 12.6 Å². The molecule has 0 spiro atoms. The van der Waals surface area contributed by atoms with Crippen LogP contribution in [0.1, 0.15) is 34.3 Å². The summed E-state index contributed by atoms with van der Waals surface area (Å²) in [4.78, 5) is 18.9. The van der Waals surface area contributed by atoms with Gasteiger partial charge in [0.2, 0.25) is 0 Å². The maximum atomic E-state index is 12.4. The van der Waals surface area contributed by atoms with Crippen LogP contribution in [0.5, 0.6) is 0 Å². The maximum absolute atomic E-state index is 12.4. The molecule has 1 aromatic heterocycles. The summed E-state index contributed by atoms with van der Waals surface area (Å²) in [6.45, 7) is 1.98. The third kappa shape index (κ3) is 3.49. The molecule has 0 atom stereocenters. The Hall–Kier alpha value is -2.87. The molecule has 0 amide bonds. The van der Waals surface area contributed by atoms with Crippen LogP contribution in [0.15, 0.2) is 42.6 Å².